The van der Waals surface area contributed by atoms with Gasteiger partial charge in [0.15, 0.2) is 0 Å². The molecule has 1 saturated heterocycles. The zero-order valence-electron chi connectivity index (χ0n) is 17.1. The van der Waals surface area contributed by atoms with Gasteiger partial charge in [-0.25, -0.2) is 4.39 Å². The van der Waals surface area contributed by atoms with Crippen molar-refractivity contribution >= 4 is 11.8 Å². The molecule has 6 nitrogen and oxygen atoms in total. The second kappa shape index (κ2) is 10.2. The van der Waals surface area contributed by atoms with Gasteiger partial charge < -0.3 is 20.1 Å². The van der Waals surface area contributed by atoms with Crippen LogP contribution in [0.2, 0.25) is 0 Å². The third-order valence-corrected chi connectivity index (χ3v) is 5.37. The van der Waals surface area contributed by atoms with E-state index in [9.17, 15) is 14.0 Å². The molecule has 0 unspecified atom stereocenters. The first-order valence-electron chi connectivity index (χ1n) is 10.1. The van der Waals surface area contributed by atoms with Crippen molar-refractivity contribution in [1.82, 2.24) is 10.6 Å². The molecule has 0 atom stereocenters. The third kappa shape index (κ3) is 5.57. The Hall–Kier alpha value is -2.93. The topological polar surface area (TPSA) is 76.7 Å². The Balaban J connectivity index is 1.58. The van der Waals surface area contributed by atoms with Gasteiger partial charge in [0, 0.05) is 30.7 Å². The van der Waals surface area contributed by atoms with Crippen molar-refractivity contribution in [3.63, 3.8) is 0 Å². The molecule has 2 aromatic carbocycles. The molecule has 1 fully saturated rings. The molecule has 3 rings (SSSR count). The number of halogens is 1. The quantitative estimate of drug-likeness (QED) is 0.697. The number of nitrogens with one attached hydrogen (secondary N) is 2. The van der Waals surface area contributed by atoms with Crippen LogP contribution in [-0.2, 0) is 14.9 Å². The monoisotopic (exact) mass is 414 g/mol. The minimum Gasteiger partial charge on any atom is -0.494 e. The molecule has 0 aliphatic carbocycles. The Morgan fingerprint density at radius 2 is 1.70 bits per heavy atom. The summed E-state index contributed by atoms with van der Waals surface area (Å²) < 4.78 is 24.0. The molecule has 2 amide bonds. The number of ether oxygens (including phenoxy) is 2. The van der Waals surface area contributed by atoms with Gasteiger partial charge in [0.1, 0.15) is 11.6 Å². The summed E-state index contributed by atoms with van der Waals surface area (Å²) in [5.74, 6) is -0.295. The molecule has 30 heavy (non-hydrogen) atoms. The van der Waals surface area contributed by atoms with E-state index in [1.165, 1.54) is 24.3 Å². The van der Waals surface area contributed by atoms with Gasteiger partial charge >= 0.3 is 0 Å². The zero-order chi connectivity index (χ0) is 21.4. The number of carbonyl (C=O) groups is 2. The Morgan fingerprint density at radius 1 is 1.03 bits per heavy atom. The van der Waals surface area contributed by atoms with Crippen LogP contribution in [0.15, 0.2) is 48.5 Å². The van der Waals surface area contributed by atoms with Gasteiger partial charge in [-0.2, -0.15) is 0 Å². The molecule has 1 heterocycles. The van der Waals surface area contributed by atoms with Crippen LogP contribution >= 0.6 is 0 Å². The average molecular weight is 414 g/mol. The van der Waals surface area contributed by atoms with Gasteiger partial charge in [0.2, 0.25) is 5.91 Å². The van der Waals surface area contributed by atoms with Gasteiger partial charge in [-0.05, 0) is 61.7 Å². The molecule has 2 N–H and O–H groups in total. The molecule has 0 bridgehead atoms. The summed E-state index contributed by atoms with van der Waals surface area (Å²) in [6.45, 7) is 4.12. The lowest BCUT2D eigenvalue weighted by atomic mass is 9.74. The van der Waals surface area contributed by atoms with Gasteiger partial charge in [0.05, 0.1) is 13.2 Å². The predicted octanol–water partition coefficient (Wildman–Crippen LogP) is 2.82. The summed E-state index contributed by atoms with van der Waals surface area (Å²) in [6.07, 6.45) is 1.59. The minimum absolute atomic E-state index is 0.147. The van der Waals surface area contributed by atoms with E-state index in [-0.39, 0.29) is 17.9 Å². The second-order valence-corrected chi connectivity index (χ2v) is 7.32. The van der Waals surface area contributed by atoms with Crippen molar-refractivity contribution in [2.75, 3.05) is 32.9 Å². The standard InChI is InChI=1S/C23H27FN2O4/c1-2-30-20-9-5-18(6-10-20)23(11-13-29-14-12-23)16-26-21(27)15-25-22(28)17-3-7-19(24)8-4-17/h3-10H,2,11-16H2,1H3,(H,25,28)(H,26,27). The van der Waals surface area contributed by atoms with Gasteiger partial charge in [-0.3, -0.25) is 9.59 Å². The largest absolute Gasteiger partial charge is 0.494 e. The highest BCUT2D eigenvalue weighted by Crippen LogP contribution is 2.35. The first-order chi connectivity index (χ1) is 14.5. The van der Waals surface area contributed by atoms with Crippen molar-refractivity contribution in [2.24, 2.45) is 0 Å². The van der Waals surface area contributed by atoms with E-state index in [0.717, 1.165) is 24.2 Å². The molecule has 0 saturated carbocycles. The molecule has 2 aromatic rings. The lowest BCUT2D eigenvalue weighted by Crippen LogP contribution is -2.47. The number of amides is 2. The fourth-order valence-electron chi connectivity index (χ4n) is 3.60. The number of hydrogen-bond donors (Lipinski definition) is 2. The highest BCUT2D eigenvalue weighted by Gasteiger charge is 2.34. The van der Waals surface area contributed by atoms with Gasteiger partial charge in [-0.15, -0.1) is 0 Å². The zero-order valence-corrected chi connectivity index (χ0v) is 17.1. The van der Waals surface area contributed by atoms with E-state index in [4.69, 9.17) is 9.47 Å². The minimum atomic E-state index is -0.419. The molecule has 0 spiro atoms. The van der Waals surface area contributed by atoms with Crippen LogP contribution in [0.25, 0.3) is 0 Å². The van der Waals surface area contributed by atoms with Crippen molar-refractivity contribution in [3.8, 4) is 5.75 Å². The Labute approximate surface area is 175 Å². The summed E-state index contributed by atoms with van der Waals surface area (Å²) >= 11 is 0. The molecule has 0 aromatic heterocycles. The highest BCUT2D eigenvalue weighted by molar-refractivity contribution is 5.96. The van der Waals surface area contributed by atoms with Crippen molar-refractivity contribution < 1.29 is 23.5 Å². The number of benzene rings is 2. The Morgan fingerprint density at radius 3 is 2.33 bits per heavy atom. The first kappa shape index (κ1) is 21.8. The summed E-state index contributed by atoms with van der Waals surface area (Å²) in [6, 6.07) is 13.2. The fraction of sp³-hybridized carbons (Fsp3) is 0.391. The summed E-state index contributed by atoms with van der Waals surface area (Å²) in [5, 5.41) is 5.51. The highest BCUT2D eigenvalue weighted by atomic mass is 19.1. The molecular formula is C23H27FN2O4. The van der Waals surface area contributed by atoms with Crippen molar-refractivity contribution in [1.29, 1.82) is 0 Å². The first-order valence-corrected chi connectivity index (χ1v) is 10.1. The predicted molar refractivity (Wildman–Crippen MR) is 111 cm³/mol. The van der Waals surface area contributed by atoms with Gasteiger partial charge in [-0.1, -0.05) is 12.1 Å². The number of carbonyl (C=O) groups excluding carboxylic acids is 2. The van der Waals surface area contributed by atoms with Crippen LogP contribution in [-0.4, -0.2) is 44.7 Å². The molecule has 0 radical (unpaired) electrons. The van der Waals surface area contributed by atoms with Crippen molar-refractivity contribution in [2.45, 2.75) is 25.2 Å². The van der Waals surface area contributed by atoms with E-state index < -0.39 is 11.7 Å². The van der Waals surface area contributed by atoms with Crippen LogP contribution in [0.1, 0.15) is 35.7 Å². The lowest BCUT2D eigenvalue weighted by molar-refractivity contribution is -0.120. The van der Waals surface area contributed by atoms with E-state index in [1.807, 2.05) is 31.2 Å². The molecule has 1 aliphatic rings. The van der Waals surface area contributed by atoms with E-state index in [0.29, 0.717) is 31.9 Å². The summed E-state index contributed by atoms with van der Waals surface area (Å²) in [5.41, 5.74) is 1.21. The SMILES string of the molecule is CCOc1ccc(C2(CNC(=O)CNC(=O)c3ccc(F)cc3)CCOCC2)cc1. The van der Waals surface area contributed by atoms with Crippen LogP contribution in [0.3, 0.4) is 0 Å². The number of rotatable bonds is 8. The van der Waals surface area contributed by atoms with Crippen molar-refractivity contribution in [3.05, 3.63) is 65.5 Å². The van der Waals surface area contributed by atoms with E-state index in [1.54, 1.807) is 0 Å². The maximum absolute atomic E-state index is 13.0. The Bertz CT molecular complexity index is 847. The Kier molecular flexibility index (Phi) is 7.41. The fourth-order valence-corrected chi connectivity index (χ4v) is 3.60. The van der Waals surface area contributed by atoms with Gasteiger partial charge in [0.25, 0.3) is 5.91 Å². The smallest absolute Gasteiger partial charge is 0.251 e. The maximum Gasteiger partial charge on any atom is 0.251 e. The van der Waals surface area contributed by atoms with E-state index >= 15 is 0 Å². The van der Waals surface area contributed by atoms with Crippen LogP contribution < -0.4 is 15.4 Å². The van der Waals surface area contributed by atoms with Crippen LogP contribution in [0.5, 0.6) is 5.75 Å². The summed E-state index contributed by atoms with van der Waals surface area (Å²) in [7, 11) is 0. The third-order valence-electron chi connectivity index (χ3n) is 5.37. The van der Waals surface area contributed by atoms with Crippen LogP contribution in [0, 0.1) is 5.82 Å². The normalized spacial score (nSPS) is 15.3. The second-order valence-electron chi connectivity index (χ2n) is 7.32. The van der Waals surface area contributed by atoms with Crippen LogP contribution in [0.4, 0.5) is 4.39 Å². The maximum atomic E-state index is 13.0. The molecule has 160 valence electrons. The average Bonchev–Trinajstić information content (AvgIpc) is 2.78. The molecule has 1 aliphatic heterocycles. The lowest BCUT2D eigenvalue weighted by Gasteiger charge is -2.38. The molecular weight excluding hydrogens is 387 g/mol. The number of hydrogen-bond acceptors (Lipinski definition) is 4. The molecule has 7 heteroatoms. The van der Waals surface area contributed by atoms with E-state index in [2.05, 4.69) is 10.6 Å². The summed E-state index contributed by atoms with van der Waals surface area (Å²) in [4.78, 5) is 24.4.